The van der Waals surface area contributed by atoms with Crippen molar-refractivity contribution >= 4 is 5.57 Å². The van der Waals surface area contributed by atoms with E-state index in [9.17, 15) is 0 Å². The van der Waals surface area contributed by atoms with Crippen molar-refractivity contribution < 1.29 is 0 Å². The van der Waals surface area contributed by atoms with Crippen LogP contribution in [0.5, 0.6) is 0 Å². The van der Waals surface area contributed by atoms with Crippen LogP contribution in [0.25, 0.3) is 27.8 Å². The Morgan fingerprint density at radius 2 is 1.21 bits per heavy atom. The molecule has 0 aliphatic heterocycles. The highest BCUT2D eigenvalue weighted by atomic mass is 14.5. The van der Waals surface area contributed by atoms with Crippen molar-refractivity contribution in [3.8, 4) is 22.3 Å². The number of hydrogen-bond acceptors (Lipinski definition) is 0. The van der Waals surface area contributed by atoms with E-state index in [0.717, 1.165) is 12.0 Å². The standard InChI is InChI=1S/C30H46.C24H24.C7H12/c1-4-6-8-10-12-16-22-30(23-17-13-11-9-7-5-2)28-19-15-14-18-26(28)27-21-20-25(3)24-29(27)30;1-17-13-15-19(16-14-17)22-11-6-12-23(24(22)20-8-5-9-20)21-10-4-3-7-18(21)2;1-4-6-7(3)5-2/h14-15,18-21,25H,4-13,16-17,22-24H2,1-3H3;3-4,6-7,10-16,20H,5,8-9H2,1-2H3;5H,2-4,6H2,1H3. The van der Waals surface area contributed by atoms with Gasteiger partial charge in [-0.15, -0.1) is 0 Å². The molecule has 0 bridgehead atoms. The molecule has 0 N–H and O–H groups in total. The maximum atomic E-state index is 3.74. The average molecular weight is 815 g/mol. The third kappa shape index (κ3) is 12.9. The van der Waals surface area contributed by atoms with Gasteiger partial charge in [-0.1, -0.05) is 257 Å². The molecule has 3 aliphatic carbocycles. The molecule has 0 amide bonds. The molecule has 4 aromatic rings. The van der Waals surface area contributed by atoms with Crippen LogP contribution in [0.4, 0.5) is 0 Å². The van der Waals surface area contributed by atoms with E-state index in [1.807, 2.05) is 6.08 Å². The monoisotopic (exact) mass is 815 g/mol. The molecule has 0 saturated heterocycles. The maximum Gasteiger partial charge on any atom is 0.0177 e. The third-order valence-corrected chi connectivity index (χ3v) is 13.9. The van der Waals surface area contributed by atoms with E-state index in [2.05, 4.69) is 158 Å². The van der Waals surface area contributed by atoms with Crippen molar-refractivity contribution in [2.75, 3.05) is 0 Å². The number of rotatable bonds is 20. The fourth-order valence-corrected chi connectivity index (χ4v) is 10.2. The van der Waals surface area contributed by atoms with Gasteiger partial charge in [0.25, 0.3) is 0 Å². The minimum Gasteiger partial charge on any atom is -0.0988 e. The molecule has 0 nitrogen and oxygen atoms in total. The van der Waals surface area contributed by atoms with Crippen LogP contribution in [0, 0.1) is 19.8 Å². The third-order valence-electron chi connectivity index (χ3n) is 13.9. The van der Waals surface area contributed by atoms with Crippen molar-refractivity contribution in [3.63, 3.8) is 0 Å². The first-order valence-corrected chi connectivity index (χ1v) is 24.9. The molecular weight excluding hydrogens is 733 g/mol. The fraction of sp³-hybridized carbons (Fsp3) is 0.475. The molecule has 0 heteroatoms. The van der Waals surface area contributed by atoms with E-state index < -0.39 is 0 Å². The Morgan fingerprint density at radius 1 is 0.639 bits per heavy atom. The summed E-state index contributed by atoms with van der Waals surface area (Å²) in [5.41, 5.74) is 17.9. The van der Waals surface area contributed by atoms with E-state index in [0.29, 0.717) is 17.3 Å². The highest BCUT2D eigenvalue weighted by molar-refractivity contribution is 5.87. The molecule has 0 heterocycles. The Hall–Kier alpha value is -4.16. The minimum absolute atomic E-state index is 0.320. The van der Waals surface area contributed by atoms with Crippen LogP contribution in [-0.2, 0) is 5.41 Å². The van der Waals surface area contributed by atoms with Gasteiger partial charge in [0.15, 0.2) is 0 Å². The topological polar surface area (TPSA) is 0 Å². The van der Waals surface area contributed by atoms with Crippen molar-refractivity contribution in [1.29, 1.82) is 0 Å². The van der Waals surface area contributed by atoms with Gasteiger partial charge in [-0.25, -0.2) is 0 Å². The van der Waals surface area contributed by atoms with Gasteiger partial charge in [0.1, 0.15) is 0 Å². The Bertz CT molecular complexity index is 1990. The van der Waals surface area contributed by atoms with Crippen LogP contribution >= 0.6 is 0 Å². The second-order valence-corrected chi connectivity index (χ2v) is 18.8. The van der Waals surface area contributed by atoms with Gasteiger partial charge >= 0.3 is 0 Å². The first-order chi connectivity index (χ1) is 29.8. The molecule has 7 rings (SSSR count). The molecule has 3 aliphatic rings. The van der Waals surface area contributed by atoms with Crippen molar-refractivity contribution in [2.45, 2.75) is 181 Å². The zero-order chi connectivity index (χ0) is 43.5. The van der Waals surface area contributed by atoms with E-state index in [-0.39, 0.29) is 0 Å². The normalized spacial score (nSPS) is 16.1. The largest absolute Gasteiger partial charge is 0.0988 e. The summed E-state index contributed by atoms with van der Waals surface area (Å²) >= 11 is 0. The highest BCUT2D eigenvalue weighted by Gasteiger charge is 2.44. The van der Waals surface area contributed by atoms with Gasteiger partial charge < -0.3 is 0 Å². The number of hydrogen-bond donors (Lipinski definition) is 0. The molecule has 0 spiro atoms. The summed E-state index contributed by atoms with van der Waals surface area (Å²) in [5, 5.41) is 0. The minimum atomic E-state index is 0.320. The number of allylic oxidation sites excluding steroid dienone is 6. The summed E-state index contributed by atoms with van der Waals surface area (Å²) in [6, 6.07) is 34.0. The van der Waals surface area contributed by atoms with E-state index in [1.54, 1.807) is 27.8 Å². The summed E-state index contributed by atoms with van der Waals surface area (Å²) in [6.45, 7) is 20.9. The average Bonchev–Trinajstić information content (AvgIpc) is 3.52. The molecule has 1 saturated carbocycles. The highest BCUT2D eigenvalue weighted by Crippen LogP contribution is 2.56. The molecule has 61 heavy (non-hydrogen) atoms. The summed E-state index contributed by atoms with van der Waals surface area (Å²) in [4.78, 5) is 0. The molecule has 1 unspecified atom stereocenters. The Morgan fingerprint density at radius 3 is 1.79 bits per heavy atom. The lowest BCUT2D eigenvalue weighted by Crippen LogP contribution is -2.28. The lowest BCUT2D eigenvalue weighted by atomic mass is 9.67. The molecular formula is C61H82. The molecule has 1 fully saturated rings. The lowest BCUT2D eigenvalue weighted by molar-refractivity contribution is 0.374. The Balaban J connectivity index is 0.000000203. The van der Waals surface area contributed by atoms with Crippen LogP contribution in [0.1, 0.15) is 190 Å². The van der Waals surface area contributed by atoms with Crippen LogP contribution < -0.4 is 0 Å². The lowest BCUT2D eigenvalue weighted by Gasteiger charge is -2.36. The molecule has 1 atom stereocenters. The van der Waals surface area contributed by atoms with Crippen LogP contribution in [-0.4, -0.2) is 0 Å². The first-order valence-electron chi connectivity index (χ1n) is 24.9. The van der Waals surface area contributed by atoms with Gasteiger partial charge in [-0.2, -0.15) is 0 Å². The zero-order valence-electron chi connectivity index (χ0n) is 39.6. The van der Waals surface area contributed by atoms with Crippen molar-refractivity contribution in [1.82, 2.24) is 0 Å². The summed E-state index contributed by atoms with van der Waals surface area (Å²) < 4.78 is 0. The van der Waals surface area contributed by atoms with Crippen molar-refractivity contribution in [3.05, 3.63) is 161 Å². The number of unbranched alkanes of at least 4 members (excludes halogenated alkanes) is 10. The Labute approximate surface area is 374 Å². The zero-order valence-corrected chi connectivity index (χ0v) is 39.6. The molecule has 4 aromatic carbocycles. The predicted molar refractivity (Wildman–Crippen MR) is 272 cm³/mol. The maximum absolute atomic E-state index is 3.74. The van der Waals surface area contributed by atoms with Crippen LogP contribution in [0.15, 0.2) is 134 Å². The molecule has 326 valence electrons. The summed E-state index contributed by atoms with van der Waals surface area (Å²) in [6.07, 6.45) is 33.8. The van der Waals surface area contributed by atoms with E-state index >= 15 is 0 Å². The van der Waals surface area contributed by atoms with E-state index in [1.165, 1.54) is 155 Å². The summed E-state index contributed by atoms with van der Waals surface area (Å²) in [5.74, 6) is 1.39. The SMILES string of the molecule is C=CC(=C)CCC.CCCCCCCCC1(CCCCCCCC)C2=C(C=CC(C)C2)c2ccccc21.Cc1ccc(-c2cccc(-c3ccccc3C)c2C2CCC2)cc1. The van der Waals surface area contributed by atoms with Gasteiger partial charge in [0, 0.05) is 5.41 Å². The van der Waals surface area contributed by atoms with Gasteiger partial charge in [-0.05, 0) is 114 Å². The van der Waals surface area contributed by atoms with E-state index in [4.69, 9.17) is 0 Å². The van der Waals surface area contributed by atoms with Gasteiger partial charge in [0.05, 0.1) is 0 Å². The molecule has 0 aromatic heterocycles. The quantitative estimate of drug-likeness (QED) is 0.0616. The van der Waals surface area contributed by atoms with Crippen molar-refractivity contribution in [2.24, 2.45) is 5.92 Å². The number of benzene rings is 4. The van der Waals surface area contributed by atoms with Crippen LogP contribution in [0.3, 0.4) is 0 Å². The Kier molecular flexibility index (Phi) is 19.7. The fourth-order valence-electron chi connectivity index (χ4n) is 10.2. The van der Waals surface area contributed by atoms with Gasteiger partial charge in [0.2, 0.25) is 0 Å². The smallest absolute Gasteiger partial charge is 0.0177 e. The first kappa shape index (κ1) is 47.9. The second-order valence-electron chi connectivity index (χ2n) is 18.8. The van der Waals surface area contributed by atoms with Gasteiger partial charge in [-0.3, -0.25) is 0 Å². The predicted octanol–water partition coefficient (Wildman–Crippen LogP) is 19.2. The van der Waals surface area contributed by atoms with Crippen LogP contribution in [0.2, 0.25) is 0 Å². The molecule has 0 radical (unpaired) electrons. The summed E-state index contributed by atoms with van der Waals surface area (Å²) in [7, 11) is 0. The number of fused-ring (bicyclic) bond motifs is 2. The second kappa shape index (κ2) is 25.1. The number of aryl methyl sites for hydroxylation is 2.